The van der Waals surface area contributed by atoms with Crippen molar-refractivity contribution in [2.45, 2.75) is 53.1 Å². The highest BCUT2D eigenvalue weighted by Gasteiger charge is 2.40. The molecule has 0 radical (unpaired) electrons. The quantitative estimate of drug-likeness (QED) is 0.271. The van der Waals surface area contributed by atoms with Crippen LogP contribution in [-0.4, -0.2) is 21.3 Å². The fraction of sp³-hybridized carbons (Fsp3) is 0.409. The number of nitriles is 1. The van der Waals surface area contributed by atoms with E-state index in [2.05, 4.69) is 5.10 Å². The Morgan fingerprint density at radius 2 is 1.78 bits per heavy atom. The van der Waals surface area contributed by atoms with Crippen LogP contribution in [0.1, 0.15) is 63.9 Å². The Balaban J connectivity index is 0.00000249. The van der Waals surface area contributed by atoms with Crippen molar-refractivity contribution in [1.29, 1.82) is 5.26 Å². The molecule has 2 aromatic rings. The molecule has 0 amide bonds. The van der Waals surface area contributed by atoms with Gasteiger partial charge >= 0.3 is 11.5 Å². The molecule has 174 valence electrons. The largest absolute Gasteiger partial charge is 0.433 e. The lowest BCUT2D eigenvalue weighted by Crippen LogP contribution is -2.12. The number of carbonyl (C=O) groups is 1. The first-order valence-corrected chi connectivity index (χ1v) is 11.2. The molecule has 2 rings (SSSR count). The molecule has 32 heavy (non-hydrogen) atoms. The predicted octanol–water partition coefficient (Wildman–Crippen LogP) is 7.69. The van der Waals surface area contributed by atoms with Crippen molar-refractivity contribution in [2.75, 3.05) is 5.75 Å². The van der Waals surface area contributed by atoms with Crippen molar-refractivity contribution in [1.82, 2.24) is 10.2 Å². The van der Waals surface area contributed by atoms with Crippen LogP contribution in [0.2, 0.25) is 5.15 Å². The van der Waals surface area contributed by atoms with Crippen LogP contribution in [0.3, 0.4) is 0 Å². The number of carbonyl (C=O) groups excluding carboxylic acids is 1. The van der Waals surface area contributed by atoms with Crippen molar-refractivity contribution in [3.05, 3.63) is 51.8 Å². The summed E-state index contributed by atoms with van der Waals surface area (Å²) in [7, 11) is 0. The summed E-state index contributed by atoms with van der Waals surface area (Å²) in [6.07, 6.45) is -4.86. The Bertz CT molecular complexity index is 1000. The van der Waals surface area contributed by atoms with Crippen molar-refractivity contribution in [3.8, 4) is 6.07 Å². The maximum absolute atomic E-state index is 13.5. The van der Waals surface area contributed by atoms with Gasteiger partial charge in [-0.1, -0.05) is 77.4 Å². The number of rotatable bonds is 4. The second-order valence-electron chi connectivity index (χ2n) is 7.19. The molecule has 0 aliphatic rings. The van der Waals surface area contributed by atoms with Gasteiger partial charge in [0.2, 0.25) is 0 Å². The molecule has 0 bridgehead atoms. The highest BCUT2D eigenvalue weighted by atomic mass is 35.5. The number of aromatic nitrogens is 2. The number of ether oxygens (including phenoxy) is 1. The van der Waals surface area contributed by atoms with Crippen LogP contribution in [0.4, 0.5) is 18.0 Å². The number of nitrogens with one attached hydrogen (secondary N) is 1. The van der Waals surface area contributed by atoms with Crippen molar-refractivity contribution >= 4 is 40.0 Å². The Kier molecular flexibility index (Phi) is 9.86. The molecule has 1 heterocycles. The smallest absolute Gasteiger partial charge is 0.416 e. The van der Waals surface area contributed by atoms with Gasteiger partial charge in [-0.3, -0.25) is 5.10 Å². The average Bonchev–Trinajstić information content (AvgIpc) is 3.11. The molecular formula is C22H25ClF3N3O2S. The standard InChI is InChI=1S/C20H19ClF3N3O2S.C2H6/c1-5-30-18(28)29-15(14-16(20(22,23)24)26-27-17(14)21)13(10-25)11-6-8-12(9-7-11)19(2,3)4;1-2/h6-9H,5H2,1-4H3,(H,26,27);1-2H3/b15-13-;. The number of nitrogens with zero attached hydrogens (tertiary/aromatic N) is 2. The Hall–Kier alpha value is -2.44. The van der Waals surface area contributed by atoms with E-state index in [1.807, 2.05) is 45.8 Å². The van der Waals surface area contributed by atoms with Gasteiger partial charge in [-0.05, 0) is 28.3 Å². The van der Waals surface area contributed by atoms with Gasteiger partial charge in [0, 0.05) is 5.75 Å². The average molecular weight is 488 g/mol. The lowest BCUT2D eigenvalue weighted by Gasteiger charge is -2.19. The zero-order valence-electron chi connectivity index (χ0n) is 18.6. The number of alkyl halides is 3. The summed E-state index contributed by atoms with van der Waals surface area (Å²) in [5.41, 5.74) is -1.20. The van der Waals surface area contributed by atoms with Crippen LogP contribution in [-0.2, 0) is 16.3 Å². The van der Waals surface area contributed by atoms with Crippen LogP contribution in [0, 0.1) is 11.3 Å². The fourth-order valence-corrected chi connectivity index (χ4v) is 3.17. The SMILES string of the molecule is CC.CCSC(=O)O/C(=C(/C#N)c1ccc(C(C)(C)C)cc1)c1c(Cl)n[nH]c1C(F)(F)F. The zero-order chi connectivity index (χ0) is 24.7. The fourth-order valence-electron chi connectivity index (χ4n) is 2.57. The third-order valence-electron chi connectivity index (χ3n) is 4.06. The van der Waals surface area contributed by atoms with Gasteiger partial charge in [-0.15, -0.1) is 0 Å². The second-order valence-corrected chi connectivity index (χ2v) is 8.75. The van der Waals surface area contributed by atoms with Crippen molar-refractivity contribution in [2.24, 2.45) is 0 Å². The van der Waals surface area contributed by atoms with Gasteiger partial charge in [0.25, 0.3) is 0 Å². The minimum atomic E-state index is -4.86. The molecule has 0 aliphatic carbocycles. The number of thioether (sulfide) groups is 1. The number of benzene rings is 1. The van der Waals surface area contributed by atoms with E-state index < -0.39 is 33.6 Å². The molecule has 0 fully saturated rings. The monoisotopic (exact) mass is 487 g/mol. The number of hydrogen-bond donors (Lipinski definition) is 1. The highest BCUT2D eigenvalue weighted by Crippen LogP contribution is 2.40. The molecule has 0 aliphatic heterocycles. The van der Waals surface area contributed by atoms with E-state index in [1.165, 1.54) is 0 Å². The first kappa shape index (κ1) is 27.6. The van der Waals surface area contributed by atoms with Gasteiger partial charge in [-0.25, -0.2) is 4.79 Å². The molecule has 0 unspecified atom stereocenters. The van der Waals surface area contributed by atoms with Gasteiger partial charge < -0.3 is 4.74 Å². The summed E-state index contributed by atoms with van der Waals surface area (Å²) in [5, 5.41) is 13.5. The summed E-state index contributed by atoms with van der Waals surface area (Å²) in [6, 6.07) is 8.53. The Morgan fingerprint density at radius 3 is 2.22 bits per heavy atom. The second kappa shape index (κ2) is 11.4. The molecule has 0 atom stereocenters. The van der Waals surface area contributed by atoms with E-state index in [-0.39, 0.29) is 16.6 Å². The van der Waals surface area contributed by atoms with Crippen LogP contribution in [0.25, 0.3) is 11.3 Å². The number of aromatic amines is 1. The maximum atomic E-state index is 13.5. The van der Waals surface area contributed by atoms with Crippen molar-refractivity contribution in [3.63, 3.8) is 0 Å². The third kappa shape index (κ3) is 6.78. The highest BCUT2D eigenvalue weighted by molar-refractivity contribution is 8.13. The number of hydrogen-bond acceptors (Lipinski definition) is 5. The Labute approximate surface area is 195 Å². The summed E-state index contributed by atoms with van der Waals surface area (Å²) in [4.78, 5) is 12.1. The van der Waals surface area contributed by atoms with Crippen molar-refractivity contribution < 1.29 is 22.7 Å². The molecule has 1 aromatic heterocycles. The summed E-state index contributed by atoms with van der Waals surface area (Å²) < 4.78 is 45.6. The van der Waals surface area contributed by atoms with E-state index in [1.54, 1.807) is 31.2 Å². The van der Waals surface area contributed by atoms with Crippen LogP contribution < -0.4 is 0 Å². The third-order valence-corrected chi connectivity index (χ3v) is 4.94. The van der Waals surface area contributed by atoms with Crippen LogP contribution >= 0.6 is 23.4 Å². The first-order chi connectivity index (χ1) is 14.9. The molecule has 5 nitrogen and oxygen atoms in total. The maximum Gasteiger partial charge on any atom is 0.433 e. The van der Waals surface area contributed by atoms with E-state index in [0.717, 1.165) is 17.3 Å². The Morgan fingerprint density at radius 1 is 1.22 bits per heavy atom. The summed E-state index contributed by atoms with van der Waals surface area (Å²) in [6.45, 7) is 11.7. The zero-order valence-corrected chi connectivity index (χ0v) is 20.2. The van der Waals surface area contributed by atoms with E-state index in [4.69, 9.17) is 16.3 Å². The molecule has 1 N–H and O–H groups in total. The lowest BCUT2D eigenvalue weighted by molar-refractivity contribution is -0.141. The van der Waals surface area contributed by atoms with E-state index in [0.29, 0.717) is 5.75 Å². The van der Waals surface area contributed by atoms with Crippen LogP contribution in [0.15, 0.2) is 24.3 Å². The lowest BCUT2D eigenvalue weighted by atomic mass is 9.86. The summed E-state index contributed by atoms with van der Waals surface area (Å²) >= 11 is 6.64. The number of H-pyrrole nitrogens is 1. The van der Waals surface area contributed by atoms with E-state index >= 15 is 0 Å². The molecular weight excluding hydrogens is 463 g/mol. The van der Waals surface area contributed by atoms with Gasteiger partial charge in [0.05, 0.1) is 5.56 Å². The molecule has 0 spiro atoms. The topological polar surface area (TPSA) is 78.8 Å². The van der Waals surface area contributed by atoms with Crippen LogP contribution in [0.5, 0.6) is 0 Å². The molecule has 10 heteroatoms. The van der Waals surface area contributed by atoms with Gasteiger partial charge in [0.1, 0.15) is 11.6 Å². The van der Waals surface area contributed by atoms with Gasteiger partial charge in [-0.2, -0.15) is 23.5 Å². The number of allylic oxidation sites excluding steroid dienone is 1. The van der Waals surface area contributed by atoms with E-state index in [9.17, 15) is 23.2 Å². The molecule has 0 saturated heterocycles. The summed E-state index contributed by atoms with van der Waals surface area (Å²) in [5.74, 6) is -0.266. The minimum absolute atomic E-state index is 0.167. The first-order valence-electron chi connectivity index (χ1n) is 9.81. The van der Waals surface area contributed by atoms with Gasteiger partial charge in [0.15, 0.2) is 16.6 Å². The molecule has 0 saturated carbocycles. The number of halogens is 4. The minimum Gasteiger partial charge on any atom is -0.416 e. The normalized spacial score (nSPS) is 12.3. The molecule has 1 aromatic carbocycles. The predicted molar refractivity (Wildman–Crippen MR) is 122 cm³/mol.